The fourth-order valence-corrected chi connectivity index (χ4v) is 7.39. The molecule has 0 aliphatic carbocycles. The van der Waals surface area contributed by atoms with Crippen LogP contribution in [0.3, 0.4) is 0 Å². The van der Waals surface area contributed by atoms with Crippen LogP contribution in [-0.2, 0) is 27.5 Å². The smallest absolute Gasteiger partial charge is 0.509 e. The third-order valence-electron chi connectivity index (χ3n) is 10.2. The molecular formula is C47H50N4OPt. The molecule has 0 saturated heterocycles. The SMILES string of the molecule is CCC(C)c1cc(Oc2[c-]c3c(cc2)c2ccccc2n3-c2cc(CC(C)C)ccn2)[c-]c(-n2cc(-c3c(C(C)C)cc(C)cc3C(C)C)cn2)c1.[Pt+2]. The first-order valence-corrected chi connectivity index (χ1v) is 18.9. The summed E-state index contributed by atoms with van der Waals surface area (Å²) in [6, 6.07) is 33.1. The van der Waals surface area contributed by atoms with Crippen LogP contribution in [0, 0.1) is 25.0 Å². The molecule has 0 saturated carbocycles. The van der Waals surface area contributed by atoms with Crippen molar-refractivity contribution in [2.75, 3.05) is 0 Å². The first kappa shape index (κ1) is 38.3. The normalized spacial score (nSPS) is 12.3. The van der Waals surface area contributed by atoms with E-state index in [1.165, 1.54) is 33.4 Å². The summed E-state index contributed by atoms with van der Waals surface area (Å²) in [5.74, 6) is 3.82. The molecule has 0 aliphatic rings. The standard InChI is InChI=1S/C47H50N4O.Pt/c1-10-33(9)35-23-37(50-28-36(27-49-50)47-42(30(4)5)20-32(8)21-43(47)31(6)7)25-39(24-35)52-38-15-16-41-40-13-11-12-14-44(40)51(45(41)26-38)46-22-34(17-18-48-46)19-29(2)3;/h11-18,20-24,27-31,33H,10,19H2,1-9H3;/q-2;+2. The first-order chi connectivity index (χ1) is 25.0. The Labute approximate surface area is 329 Å². The van der Waals surface area contributed by atoms with Crippen LogP contribution in [0.5, 0.6) is 11.5 Å². The summed E-state index contributed by atoms with van der Waals surface area (Å²) in [4.78, 5) is 4.83. The van der Waals surface area contributed by atoms with Gasteiger partial charge in [-0.3, -0.25) is 4.68 Å². The number of rotatable bonds is 11. The van der Waals surface area contributed by atoms with Gasteiger partial charge in [0.1, 0.15) is 5.82 Å². The van der Waals surface area contributed by atoms with E-state index in [-0.39, 0.29) is 21.1 Å². The number of pyridine rings is 1. The monoisotopic (exact) mass is 881 g/mol. The second-order valence-electron chi connectivity index (χ2n) is 15.4. The van der Waals surface area contributed by atoms with Crippen molar-refractivity contribution in [3.63, 3.8) is 0 Å². The Morgan fingerprint density at radius 1 is 0.792 bits per heavy atom. The molecule has 1 unspecified atom stereocenters. The Bertz CT molecular complexity index is 2350. The zero-order valence-corrected chi connectivity index (χ0v) is 34.7. The molecule has 0 fully saturated rings. The number of hydrogen-bond donors (Lipinski definition) is 0. The van der Waals surface area contributed by atoms with Crippen molar-refractivity contribution < 1.29 is 25.8 Å². The molecule has 0 amide bonds. The number of aryl methyl sites for hydroxylation is 1. The largest absolute Gasteiger partial charge is 2.00 e. The zero-order chi connectivity index (χ0) is 36.7. The summed E-state index contributed by atoms with van der Waals surface area (Å²) < 4.78 is 10.8. The third kappa shape index (κ3) is 7.78. The van der Waals surface area contributed by atoms with Crippen molar-refractivity contribution in [1.29, 1.82) is 0 Å². The molecule has 0 radical (unpaired) electrons. The van der Waals surface area contributed by atoms with Gasteiger partial charge in [0.15, 0.2) is 0 Å². The molecule has 0 spiro atoms. The average Bonchev–Trinajstić information content (AvgIpc) is 3.74. The molecule has 6 heteroatoms. The number of nitrogens with zero attached hydrogens (tertiary/aromatic N) is 4. The molecule has 3 heterocycles. The molecular weight excluding hydrogens is 832 g/mol. The summed E-state index contributed by atoms with van der Waals surface area (Å²) >= 11 is 0. The number of para-hydroxylation sites is 1. The van der Waals surface area contributed by atoms with Crippen LogP contribution < -0.4 is 4.74 Å². The summed E-state index contributed by atoms with van der Waals surface area (Å²) in [5, 5.41) is 7.18. The van der Waals surface area contributed by atoms with Crippen LogP contribution >= 0.6 is 0 Å². The van der Waals surface area contributed by atoms with E-state index in [9.17, 15) is 0 Å². The van der Waals surface area contributed by atoms with Crippen LogP contribution in [0.4, 0.5) is 0 Å². The Morgan fingerprint density at radius 2 is 1.53 bits per heavy atom. The van der Waals surface area contributed by atoms with Gasteiger partial charge in [0.25, 0.3) is 0 Å². The maximum Gasteiger partial charge on any atom is 2.00 e. The minimum Gasteiger partial charge on any atom is -0.509 e. The van der Waals surface area contributed by atoms with Gasteiger partial charge in [-0.1, -0.05) is 103 Å². The summed E-state index contributed by atoms with van der Waals surface area (Å²) in [6.07, 6.45) is 8.06. The van der Waals surface area contributed by atoms with Crippen LogP contribution in [-0.4, -0.2) is 19.3 Å². The molecule has 5 nitrogen and oxygen atoms in total. The fourth-order valence-electron chi connectivity index (χ4n) is 7.39. The van der Waals surface area contributed by atoms with Gasteiger partial charge in [0.2, 0.25) is 0 Å². The minimum absolute atomic E-state index is 0. The van der Waals surface area contributed by atoms with Crippen LogP contribution in [0.2, 0.25) is 0 Å². The molecule has 0 aliphatic heterocycles. The molecule has 53 heavy (non-hydrogen) atoms. The summed E-state index contributed by atoms with van der Waals surface area (Å²) in [7, 11) is 0. The number of ether oxygens (including phenoxy) is 1. The van der Waals surface area contributed by atoms with Gasteiger partial charge in [-0.15, -0.1) is 41.3 Å². The van der Waals surface area contributed by atoms with E-state index in [4.69, 9.17) is 14.8 Å². The van der Waals surface area contributed by atoms with Crippen molar-refractivity contribution in [2.45, 2.75) is 92.9 Å². The Morgan fingerprint density at radius 3 is 2.23 bits per heavy atom. The van der Waals surface area contributed by atoms with Crippen LogP contribution in [0.1, 0.15) is 107 Å². The second-order valence-corrected chi connectivity index (χ2v) is 15.4. The number of aromatic nitrogens is 4. The van der Waals surface area contributed by atoms with E-state index in [0.29, 0.717) is 35.2 Å². The second kappa shape index (κ2) is 15.9. The van der Waals surface area contributed by atoms with E-state index in [1.807, 2.05) is 23.1 Å². The van der Waals surface area contributed by atoms with Crippen molar-refractivity contribution in [2.24, 2.45) is 5.92 Å². The average molecular weight is 882 g/mol. The molecule has 0 bridgehead atoms. The van der Waals surface area contributed by atoms with Crippen molar-refractivity contribution >= 4 is 21.8 Å². The molecule has 7 aromatic rings. The van der Waals surface area contributed by atoms with Gasteiger partial charge in [0.05, 0.1) is 6.20 Å². The van der Waals surface area contributed by atoms with Gasteiger partial charge in [-0.25, -0.2) is 4.98 Å². The third-order valence-corrected chi connectivity index (χ3v) is 10.2. The quantitative estimate of drug-likeness (QED) is 0.122. The molecule has 0 N–H and O–H groups in total. The Balaban J connectivity index is 0.00000481. The molecule has 4 aromatic carbocycles. The molecule has 1 atom stereocenters. The molecule has 7 rings (SSSR count). The van der Waals surface area contributed by atoms with Crippen molar-refractivity contribution in [3.05, 3.63) is 131 Å². The molecule has 274 valence electrons. The van der Waals surface area contributed by atoms with Crippen LogP contribution in [0.15, 0.2) is 91.4 Å². The number of benzene rings is 4. The predicted octanol–water partition coefficient (Wildman–Crippen LogP) is 12.7. The number of hydrogen-bond acceptors (Lipinski definition) is 3. The summed E-state index contributed by atoms with van der Waals surface area (Å²) in [5.41, 5.74) is 11.8. The number of fused-ring (bicyclic) bond motifs is 3. The Hall–Kier alpha value is -4.47. The van der Waals surface area contributed by atoms with Gasteiger partial charge < -0.3 is 9.30 Å². The summed E-state index contributed by atoms with van der Waals surface area (Å²) in [6.45, 7) is 20.2. The van der Waals surface area contributed by atoms with Gasteiger partial charge >= 0.3 is 21.1 Å². The van der Waals surface area contributed by atoms with E-state index in [1.54, 1.807) is 0 Å². The van der Waals surface area contributed by atoms with Gasteiger partial charge in [-0.2, -0.15) is 11.2 Å². The van der Waals surface area contributed by atoms with Crippen molar-refractivity contribution in [3.8, 4) is 34.1 Å². The predicted molar refractivity (Wildman–Crippen MR) is 215 cm³/mol. The van der Waals surface area contributed by atoms with E-state index in [2.05, 4.69) is 152 Å². The maximum absolute atomic E-state index is 6.67. The van der Waals surface area contributed by atoms with Gasteiger partial charge in [0, 0.05) is 35.0 Å². The van der Waals surface area contributed by atoms with E-state index < -0.39 is 0 Å². The maximum atomic E-state index is 6.67. The van der Waals surface area contributed by atoms with Crippen molar-refractivity contribution in [1.82, 2.24) is 19.3 Å². The Kier molecular flexibility index (Phi) is 11.5. The fraction of sp³-hybridized carbons (Fsp3) is 0.319. The first-order valence-electron chi connectivity index (χ1n) is 18.9. The van der Waals surface area contributed by atoms with E-state index in [0.717, 1.165) is 51.7 Å². The zero-order valence-electron chi connectivity index (χ0n) is 32.4. The van der Waals surface area contributed by atoms with Crippen LogP contribution in [0.25, 0.3) is 44.4 Å². The van der Waals surface area contributed by atoms with Gasteiger partial charge in [-0.05, 0) is 88.5 Å². The molecule has 3 aromatic heterocycles. The topological polar surface area (TPSA) is 44.9 Å². The minimum atomic E-state index is 0. The van der Waals surface area contributed by atoms with E-state index >= 15 is 0 Å².